The van der Waals surface area contributed by atoms with Gasteiger partial charge < -0.3 is 5.32 Å². The molecule has 20 heavy (non-hydrogen) atoms. The zero-order valence-electron chi connectivity index (χ0n) is 11.1. The molecule has 2 heterocycles. The number of aryl methyl sites for hydroxylation is 2. The SMILES string of the molecule is Cc1cc(CNc2ccc3nnnn3n2)cc(C)c1F. The van der Waals surface area contributed by atoms with E-state index in [2.05, 4.69) is 25.9 Å². The first-order valence-electron chi connectivity index (χ1n) is 6.18. The molecule has 3 rings (SSSR count). The fourth-order valence-corrected chi connectivity index (χ4v) is 2.07. The van der Waals surface area contributed by atoms with Crippen LogP contribution >= 0.6 is 0 Å². The van der Waals surface area contributed by atoms with Crippen LogP contribution in [0, 0.1) is 19.7 Å². The lowest BCUT2D eigenvalue weighted by Crippen LogP contribution is -2.05. The topological polar surface area (TPSA) is 68.0 Å². The number of hydrogen-bond acceptors (Lipinski definition) is 5. The molecule has 0 saturated heterocycles. The van der Waals surface area contributed by atoms with Crippen LogP contribution in [0.3, 0.4) is 0 Å². The highest BCUT2D eigenvalue weighted by Crippen LogP contribution is 2.15. The van der Waals surface area contributed by atoms with Gasteiger partial charge in [0.2, 0.25) is 0 Å². The van der Waals surface area contributed by atoms with Crippen LogP contribution in [0.2, 0.25) is 0 Å². The maximum absolute atomic E-state index is 13.6. The van der Waals surface area contributed by atoms with Crippen molar-refractivity contribution in [2.75, 3.05) is 5.32 Å². The number of nitrogens with one attached hydrogen (secondary N) is 1. The van der Waals surface area contributed by atoms with Crippen molar-refractivity contribution in [2.24, 2.45) is 0 Å². The monoisotopic (exact) mass is 272 g/mol. The lowest BCUT2D eigenvalue weighted by Gasteiger charge is -2.08. The predicted octanol–water partition coefficient (Wildman–Crippen LogP) is 1.89. The van der Waals surface area contributed by atoms with E-state index in [1.807, 2.05) is 12.1 Å². The average Bonchev–Trinajstić information content (AvgIpc) is 2.89. The zero-order chi connectivity index (χ0) is 14.1. The summed E-state index contributed by atoms with van der Waals surface area (Å²) in [5.74, 6) is 0.506. The number of aromatic nitrogens is 5. The van der Waals surface area contributed by atoms with Gasteiger partial charge in [0.05, 0.1) is 0 Å². The lowest BCUT2D eigenvalue weighted by molar-refractivity contribution is 0.608. The molecule has 0 amide bonds. The van der Waals surface area contributed by atoms with Crippen molar-refractivity contribution < 1.29 is 4.39 Å². The third kappa shape index (κ3) is 2.29. The maximum Gasteiger partial charge on any atom is 0.200 e. The van der Waals surface area contributed by atoms with Crippen LogP contribution in [0.4, 0.5) is 10.2 Å². The highest BCUT2D eigenvalue weighted by atomic mass is 19.1. The van der Waals surface area contributed by atoms with Gasteiger partial charge in [-0.2, -0.15) is 0 Å². The number of nitrogens with zero attached hydrogens (tertiary/aromatic N) is 5. The largest absolute Gasteiger partial charge is 0.365 e. The number of halogens is 1. The summed E-state index contributed by atoms with van der Waals surface area (Å²) in [6.45, 7) is 4.08. The highest BCUT2D eigenvalue weighted by molar-refractivity contribution is 5.43. The summed E-state index contributed by atoms with van der Waals surface area (Å²) in [6.07, 6.45) is 0. The quantitative estimate of drug-likeness (QED) is 0.788. The molecule has 2 aromatic heterocycles. The molecule has 0 radical (unpaired) electrons. The van der Waals surface area contributed by atoms with Crippen LogP contribution in [0.5, 0.6) is 0 Å². The van der Waals surface area contributed by atoms with Gasteiger partial charge in [0, 0.05) is 6.54 Å². The molecule has 0 unspecified atom stereocenters. The van der Waals surface area contributed by atoms with Crippen LogP contribution in [0.25, 0.3) is 5.65 Å². The minimum Gasteiger partial charge on any atom is -0.365 e. The van der Waals surface area contributed by atoms with Crippen LogP contribution < -0.4 is 5.32 Å². The van der Waals surface area contributed by atoms with Crippen LogP contribution in [-0.4, -0.2) is 25.3 Å². The summed E-state index contributed by atoms with van der Waals surface area (Å²) in [5.41, 5.74) is 2.88. The number of hydrogen-bond donors (Lipinski definition) is 1. The molecule has 6 nitrogen and oxygen atoms in total. The van der Waals surface area contributed by atoms with Crippen molar-refractivity contribution in [3.63, 3.8) is 0 Å². The van der Waals surface area contributed by atoms with E-state index in [1.165, 1.54) is 4.63 Å². The van der Waals surface area contributed by atoms with E-state index >= 15 is 0 Å². The van der Waals surface area contributed by atoms with E-state index in [-0.39, 0.29) is 5.82 Å². The third-order valence-corrected chi connectivity index (χ3v) is 3.04. The Morgan fingerprint density at radius 3 is 2.70 bits per heavy atom. The Kier molecular flexibility index (Phi) is 3.02. The second-order valence-electron chi connectivity index (χ2n) is 4.64. The van der Waals surface area contributed by atoms with Gasteiger partial charge in [0.15, 0.2) is 5.65 Å². The van der Waals surface area contributed by atoms with E-state index in [9.17, 15) is 4.39 Å². The first kappa shape index (κ1) is 12.5. The van der Waals surface area contributed by atoms with Crippen molar-refractivity contribution >= 4 is 11.5 Å². The fraction of sp³-hybridized carbons (Fsp3) is 0.231. The van der Waals surface area contributed by atoms with Gasteiger partial charge in [0.25, 0.3) is 0 Å². The highest BCUT2D eigenvalue weighted by Gasteiger charge is 2.05. The van der Waals surface area contributed by atoms with E-state index < -0.39 is 0 Å². The number of benzene rings is 1. The summed E-state index contributed by atoms with van der Waals surface area (Å²) in [5, 5.41) is 18.4. The summed E-state index contributed by atoms with van der Waals surface area (Å²) in [7, 11) is 0. The molecule has 0 atom stereocenters. The molecule has 0 aliphatic carbocycles. The predicted molar refractivity (Wildman–Crippen MR) is 71.8 cm³/mol. The van der Waals surface area contributed by atoms with Crippen molar-refractivity contribution in [3.8, 4) is 0 Å². The molecule has 0 saturated carbocycles. The van der Waals surface area contributed by atoms with Gasteiger partial charge in [-0.15, -0.1) is 14.8 Å². The van der Waals surface area contributed by atoms with Gasteiger partial charge in [-0.05, 0) is 53.1 Å². The second-order valence-corrected chi connectivity index (χ2v) is 4.64. The van der Waals surface area contributed by atoms with Gasteiger partial charge in [0.1, 0.15) is 11.6 Å². The summed E-state index contributed by atoms with van der Waals surface area (Å²) < 4.78 is 14.9. The van der Waals surface area contributed by atoms with E-state index in [1.54, 1.807) is 26.0 Å². The van der Waals surface area contributed by atoms with Gasteiger partial charge in [-0.1, -0.05) is 12.1 Å². The number of rotatable bonds is 3. The van der Waals surface area contributed by atoms with Crippen LogP contribution in [-0.2, 0) is 6.54 Å². The van der Waals surface area contributed by atoms with E-state index in [4.69, 9.17) is 0 Å². The Morgan fingerprint density at radius 1 is 1.20 bits per heavy atom. The molecule has 102 valence electrons. The summed E-state index contributed by atoms with van der Waals surface area (Å²) in [4.78, 5) is 0. The fourth-order valence-electron chi connectivity index (χ4n) is 2.07. The van der Waals surface area contributed by atoms with Gasteiger partial charge >= 0.3 is 0 Å². The van der Waals surface area contributed by atoms with Crippen LogP contribution in [0.1, 0.15) is 16.7 Å². The lowest BCUT2D eigenvalue weighted by atomic mass is 10.1. The molecule has 0 aliphatic rings. The molecule has 0 spiro atoms. The molecule has 3 aromatic rings. The Bertz CT molecular complexity index is 743. The van der Waals surface area contributed by atoms with Gasteiger partial charge in [-0.25, -0.2) is 4.39 Å². The Labute approximate surface area is 114 Å². The Morgan fingerprint density at radius 2 is 1.95 bits per heavy atom. The van der Waals surface area contributed by atoms with Crippen molar-refractivity contribution in [3.05, 3.63) is 46.8 Å². The summed E-state index contributed by atoms with van der Waals surface area (Å²) in [6, 6.07) is 7.22. The molecule has 0 aliphatic heterocycles. The van der Waals surface area contributed by atoms with Crippen LogP contribution in [0.15, 0.2) is 24.3 Å². The number of fused-ring (bicyclic) bond motifs is 1. The van der Waals surface area contributed by atoms with E-state index in [0.29, 0.717) is 29.1 Å². The normalized spacial score (nSPS) is 10.9. The molecular formula is C13H13FN6. The molecular weight excluding hydrogens is 259 g/mol. The standard InChI is InChI=1S/C13H13FN6/c1-8-5-10(6-9(2)13(8)14)7-15-11-3-4-12-16-18-19-20(12)17-11/h3-6H,7H2,1-2H3,(H,15,17). The van der Waals surface area contributed by atoms with E-state index in [0.717, 1.165) is 5.56 Å². The van der Waals surface area contributed by atoms with Gasteiger partial charge in [-0.3, -0.25) is 0 Å². The Balaban J connectivity index is 1.78. The third-order valence-electron chi connectivity index (χ3n) is 3.04. The smallest absolute Gasteiger partial charge is 0.200 e. The summed E-state index contributed by atoms with van der Waals surface area (Å²) >= 11 is 0. The first-order chi connectivity index (χ1) is 9.63. The first-order valence-corrected chi connectivity index (χ1v) is 6.18. The minimum atomic E-state index is -0.151. The zero-order valence-corrected chi connectivity index (χ0v) is 11.1. The van der Waals surface area contributed by atoms with Crippen molar-refractivity contribution in [1.29, 1.82) is 0 Å². The molecule has 1 N–H and O–H groups in total. The molecule has 0 bridgehead atoms. The second kappa shape index (κ2) is 4.84. The average molecular weight is 272 g/mol. The molecule has 7 heteroatoms. The minimum absolute atomic E-state index is 0.151. The van der Waals surface area contributed by atoms with Crippen molar-refractivity contribution in [1.82, 2.24) is 25.3 Å². The molecule has 1 aromatic carbocycles. The Hall–Kier alpha value is -2.57. The number of tetrazole rings is 1. The maximum atomic E-state index is 13.6. The van der Waals surface area contributed by atoms with Crippen molar-refractivity contribution in [2.45, 2.75) is 20.4 Å². The number of anilines is 1. The molecule has 0 fully saturated rings.